The van der Waals surface area contributed by atoms with Gasteiger partial charge in [0.25, 0.3) is 5.91 Å². The molecule has 6 heteroatoms. The summed E-state index contributed by atoms with van der Waals surface area (Å²) in [6.07, 6.45) is 4.99. The fourth-order valence-corrected chi connectivity index (χ4v) is 1.42. The van der Waals surface area contributed by atoms with Crippen molar-refractivity contribution in [3.05, 3.63) is 30.0 Å². The number of nitrogens with zero attached hydrogens (tertiary/aromatic N) is 2. The van der Waals surface area contributed by atoms with E-state index >= 15 is 0 Å². The average Bonchev–Trinajstić information content (AvgIpc) is 2.82. The van der Waals surface area contributed by atoms with Crippen LogP contribution in [0.4, 0.5) is 5.69 Å². The molecule has 0 unspecified atom stereocenters. The molecule has 1 fully saturated rings. The predicted molar refractivity (Wildman–Crippen MR) is 52.9 cm³/mol. The summed E-state index contributed by atoms with van der Waals surface area (Å²) in [7, 11) is 0. The molecular formula is C10H9N3O3. The number of rotatable bonds is 3. The van der Waals surface area contributed by atoms with Gasteiger partial charge in [-0.15, -0.1) is 0 Å². The molecule has 0 atom stereocenters. The molecule has 1 amide bonds. The Morgan fingerprint density at radius 1 is 1.50 bits per heavy atom. The quantitative estimate of drug-likeness (QED) is 0.851. The molecule has 1 saturated carbocycles. The Kier molecular flexibility index (Phi) is 1.99. The van der Waals surface area contributed by atoms with Crippen LogP contribution in [0.3, 0.4) is 0 Å². The molecule has 0 bridgehead atoms. The number of carbonyl (C=O) groups is 1. The van der Waals surface area contributed by atoms with E-state index in [9.17, 15) is 4.79 Å². The van der Waals surface area contributed by atoms with Gasteiger partial charge in [-0.2, -0.15) is 0 Å². The van der Waals surface area contributed by atoms with Crippen LogP contribution in [-0.4, -0.2) is 16.2 Å². The number of anilines is 1. The van der Waals surface area contributed by atoms with Gasteiger partial charge in [0, 0.05) is 12.0 Å². The van der Waals surface area contributed by atoms with Gasteiger partial charge < -0.3 is 14.4 Å². The number of amides is 1. The standard InChI is InChI=1S/C10H9N3O3/c14-10(12-7-4-11-15-5-7)8-3-9(16-13-8)6-1-2-6/h3-6H,1-2H2,(H,12,14). The van der Waals surface area contributed by atoms with Crippen molar-refractivity contribution < 1.29 is 13.8 Å². The minimum atomic E-state index is -0.321. The Morgan fingerprint density at radius 3 is 3.06 bits per heavy atom. The summed E-state index contributed by atoms with van der Waals surface area (Å²) in [5.41, 5.74) is 0.782. The van der Waals surface area contributed by atoms with Crippen LogP contribution < -0.4 is 5.32 Å². The summed E-state index contributed by atoms with van der Waals surface area (Å²) in [6.45, 7) is 0. The topological polar surface area (TPSA) is 81.2 Å². The molecule has 0 aromatic carbocycles. The van der Waals surface area contributed by atoms with Crippen LogP contribution in [0, 0.1) is 0 Å². The summed E-state index contributed by atoms with van der Waals surface area (Å²) < 4.78 is 9.68. The summed E-state index contributed by atoms with van der Waals surface area (Å²) in [5.74, 6) is 0.916. The van der Waals surface area contributed by atoms with E-state index in [-0.39, 0.29) is 11.6 Å². The Bertz CT molecular complexity index is 499. The van der Waals surface area contributed by atoms with Crippen LogP contribution in [0.25, 0.3) is 0 Å². The van der Waals surface area contributed by atoms with E-state index in [1.54, 1.807) is 6.07 Å². The van der Waals surface area contributed by atoms with E-state index in [0.717, 1.165) is 18.6 Å². The molecule has 6 nitrogen and oxygen atoms in total. The van der Waals surface area contributed by atoms with Crippen molar-refractivity contribution in [2.24, 2.45) is 0 Å². The van der Waals surface area contributed by atoms with Crippen molar-refractivity contribution in [3.8, 4) is 0 Å². The molecule has 2 aromatic rings. The van der Waals surface area contributed by atoms with Crippen molar-refractivity contribution >= 4 is 11.6 Å². The lowest BCUT2D eigenvalue weighted by Gasteiger charge is -1.95. The first-order chi connectivity index (χ1) is 7.83. The lowest BCUT2D eigenvalue weighted by molar-refractivity contribution is 0.101. The van der Waals surface area contributed by atoms with Crippen molar-refractivity contribution in [2.45, 2.75) is 18.8 Å². The van der Waals surface area contributed by atoms with Crippen LogP contribution in [0.5, 0.6) is 0 Å². The number of aromatic nitrogens is 2. The van der Waals surface area contributed by atoms with Crippen molar-refractivity contribution in [3.63, 3.8) is 0 Å². The third-order valence-electron chi connectivity index (χ3n) is 2.43. The van der Waals surface area contributed by atoms with Gasteiger partial charge in [0.15, 0.2) is 5.69 Å². The first kappa shape index (κ1) is 9.14. The van der Waals surface area contributed by atoms with Gasteiger partial charge in [0.1, 0.15) is 17.7 Å². The average molecular weight is 219 g/mol. The van der Waals surface area contributed by atoms with E-state index in [4.69, 9.17) is 4.52 Å². The maximum atomic E-state index is 11.7. The Hall–Kier alpha value is -2.11. The maximum absolute atomic E-state index is 11.7. The Balaban J connectivity index is 1.73. The summed E-state index contributed by atoms with van der Waals surface area (Å²) >= 11 is 0. The zero-order valence-electron chi connectivity index (χ0n) is 8.34. The summed E-state index contributed by atoms with van der Waals surface area (Å²) in [6, 6.07) is 1.68. The smallest absolute Gasteiger partial charge is 0.277 e. The molecule has 2 heterocycles. The number of carbonyl (C=O) groups excluding carboxylic acids is 1. The SMILES string of the molecule is O=C(Nc1cnoc1)c1cc(C2CC2)on1. The second-order valence-corrected chi connectivity index (χ2v) is 3.76. The highest BCUT2D eigenvalue weighted by molar-refractivity contribution is 6.02. The lowest BCUT2D eigenvalue weighted by atomic mass is 10.3. The third kappa shape index (κ3) is 1.69. The fourth-order valence-electron chi connectivity index (χ4n) is 1.42. The third-order valence-corrected chi connectivity index (χ3v) is 2.43. The van der Waals surface area contributed by atoms with E-state index in [0.29, 0.717) is 11.6 Å². The van der Waals surface area contributed by atoms with Gasteiger partial charge in [-0.05, 0) is 12.8 Å². The first-order valence-corrected chi connectivity index (χ1v) is 5.00. The molecular weight excluding hydrogens is 210 g/mol. The second kappa shape index (κ2) is 3.48. The molecule has 0 radical (unpaired) electrons. The van der Waals surface area contributed by atoms with Crippen LogP contribution in [0.15, 0.2) is 27.6 Å². The van der Waals surface area contributed by atoms with Gasteiger partial charge in [-0.3, -0.25) is 4.79 Å². The summed E-state index contributed by atoms with van der Waals surface area (Å²) in [4.78, 5) is 11.7. The molecule has 1 N–H and O–H groups in total. The molecule has 0 spiro atoms. The molecule has 82 valence electrons. The van der Waals surface area contributed by atoms with E-state index in [2.05, 4.69) is 20.2 Å². The lowest BCUT2D eigenvalue weighted by Crippen LogP contribution is -2.11. The molecule has 3 rings (SSSR count). The molecule has 1 aliphatic carbocycles. The zero-order valence-corrected chi connectivity index (χ0v) is 8.34. The molecule has 1 aliphatic rings. The highest BCUT2D eigenvalue weighted by Crippen LogP contribution is 2.40. The normalized spacial score (nSPS) is 15.0. The number of hydrogen-bond donors (Lipinski definition) is 1. The second-order valence-electron chi connectivity index (χ2n) is 3.76. The van der Waals surface area contributed by atoms with Gasteiger partial charge in [-0.25, -0.2) is 0 Å². The van der Waals surface area contributed by atoms with E-state index < -0.39 is 0 Å². The Morgan fingerprint density at radius 2 is 2.38 bits per heavy atom. The van der Waals surface area contributed by atoms with Gasteiger partial charge in [0.05, 0.1) is 6.20 Å². The largest absolute Gasteiger partial charge is 0.363 e. The predicted octanol–water partition coefficient (Wildman–Crippen LogP) is 1.79. The van der Waals surface area contributed by atoms with Gasteiger partial charge in [0.2, 0.25) is 0 Å². The fraction of sp³-hybridized carbons (Fsp3) is 0.300. The van der Waals surface area contributed by atoms with Crippen LogP contribution in [0.1, 0.15) is 35.0 Å². The van der Waals surface area contributed by atoms with Crippen LogP contribution in [-0.2, 0) is 0 Å². The maximum Gasteiger partial charge on any atom is 0.277 e. The number of nitrogens with one attached hydrogen (secondary N) is 1. The van der Waals surface area contributed by atoms with E-state index in [1.807, 2.05) is 0 Å². The monoisotopic (exact) mass is 219 g/mol. The first-order valence-electron chi connectivity index (χ1n) is 5.00. The van der Waals surface area contributed by atoms with Crippen molar-refractivity contribution in [2.75, 3.05) is 5.32 Å². The highest BCUT2D eigenvalue weighted by Gasteiger charge is 2.28. The molecule has 2 aromatic heterocycles. The van der Waals surface area contributed by atoms with Crippen LogP contribution >= 0.6 is 0 Å². The van der Waals surface area contributed by atoms with E-state index in [1.165, 1.54) is 12.5 Å². The van der Waals surface area contributed by atoms with Crippen molar-refractivity contribution in [1.29, 1.82) is 0 Å². The van der Waals surface area contributed by atoms with Gasteiger partial charge in [-0.1, -0.05) is 10.3 Å². The summed E-state index contributed by atoms with van der Waals surface area (Å²) in [5, 5.41) is 9.79. The molecule has 0 saturated heterocycles. The zero-order chi connectivity index (χ0) is 11.0. The van der Waals surface area contributed by atoms with Gasteiger partial charge >= 0.3 is 0 Å². The highest BCUT2D eigenvalue weighted by atomic mass is 16.5. The van der Waals surface area contributed by atoms with Crippen molar-refractivity contribution in [1.82, 2.24) is 10.3 Å². The molecule has 0 aliphatic heterocycles. The minimum absolute atomic E-state index is 0.281. The Labute approximate surface area is 90.6 Å². The molecule has 16 heavy (non-hydrogen) atoms. The minimum Gasteiger partial charge on any atom is -0.363 e. The number of hydrogen-bond acceptors (Lipinski definition) is 5. The van der Waals surface area contributed by atoms with Crippen LogP contribution in [0.2, 0.25) is 0 Å².